The average Bonchev–Trinajstić information content (AvgIpc) is 2.46. The van der Waals surface area contributed by atoms with Gasteiger partial charge in [0.05, 0.1) is 6.10 Å². The van der Waals surface area contributed by atoms with Crippen molar-refractivity contribution in [3.8, 4) is 0 Å². The summed E-state index contributed by atoms with van der Waals surface area (Å²) in [4.78, 5) is 0. The third kappa shape index (κ3) is 4.40. The third-order valence-corrected chi connectivity index (χ3v) is 4.14. The molecule has 0 heterocycles. The van der Waals surface area contributed by atoms with E-state index in [1.807, 2.05) is 30.3 Å². The second-order valence-electron chi connectivity index (χ2n) is 4.96. The van der Waals surface area contributed by atoms with Gasteiger partial charge in [-0.3, -0.25) is 4.21 Å². The highest BCUT2D eigenvalue weighted by Crippen LogP contribution is 2.19. The molecule has 4 heteroatoms. The number of hydrogen-bond donors (Lipinski definition) is 2. The van der Waals surface area contributed by atoms with Crippen LogP contribution in [-0.2, 0) is 10.8 Å². The van der Waals surface area contributed by atoms with E-state index in [2.05, 4.69) is 17.4 Å². The summed E-state index contributed by atoms with van der Waals surface area (Å²) in [5.74, 6) is 0.707. The molecule has 2 rings (SSSR count). The largest absolute Gasteiger partial charge is 0.387 e. The van der Waals surface area contributed by atoms with Crippen LogP contribution in [0, 0.1) is 0 Å². The standard InChI is InChI=1S/C16H21NO2S/c1-20(19)10-4-9-17-12-16(18)15-8-7-13-5-2-3-6-14(13)11-15/h2-3,5-8,11,16-18H,4,9-10,12H2,1H3. The van der Waals surface area contributed by atoms with Gasteiger partial charge in [0.25, 0.3) is 0 Å². The summed E-state index contributed by atoms with van der Waals surface area (Å²) in [6, 6.07) is 14.2. The molecule has 20 heavy (non-hydrogen) atoms. The summed E-state index contributed by atoms with van der Waals surface area (Å²) < 4.78 is 10.9. The van der Waals surface area contributed by atoms with Gasteiger partial charge in [-0.25, -0.2) is 0 Å². The van der Waals surface area contributed by atoms with Crippen molar-refractivity contribution < 1.29 is 9.32 Å². The number of benzene rings is 2. The van der Waals surface area contributed by atoms with Crippen molar-refractivity contribution in [3.05, 3.63) is 48.0 Å². The van der Waals surface area contributed by atoms with E-state index in [-0.39, 0.29) is 0 Å². The van der Waals surface area contributed by atoms with Crippen LogP contribution in [0.3, 0.4) is 0 Å². The minimum atomic E-state index is -0.734. The van der Waals surface area contributed by atoms with Crippen LogP contribution < -0.4 is 5.32 Å². The van der Waals surface area contributed by atoms with Gasteiger partial charge in [-0.2, -0.15) is 0 Å². The van der Waals surface area contributed by atoms with Gasteiger partial charge in [-0.1, -0.05) is 36.4 Å². The van der Waals surface area contributed by atoms with Crippen LogP contribution in [0.25, 0.3) is 10.8 Å². The van der Waals surface area contributed by atoms with E-state index in [4.69, 9.17) is 0 Å². The number of fused-ring (bicyclic) bond motifs is 1. The molecule has 0 spiro atoms. The van der Waals surface area contributed by atoms with Crippen molar-refractivity contribution in [2.24, 2.45) is 0 Å². The summed E-state index contributed by atoms with van der Waals surface area (Å²) in [5, 5.41) is 15.7. The van der Waals surface area contributed by atoms with Crippen molar-refractivity contribution in [2.75, 3.05) is 25.1 Å². The van der Waals surface area contributed by atoms with Crippen molar-refractivity contribution in [1.29, 1.82) is 0 Å². The molecule has 3 nitrogen and oxygen atoms in total. The van der Waals surface area contributed by atoms with Crippen molar-refractivity contribution in [2.45, 2.75) is 12.5 Å². The van der Waals surface area contributed by atoms with E-state index in [0.29, 0.717) is 12.3 Å². The van der Waals surface area contributed by atoms with Crippen LogP contribution in [-0.4, -0.2) is 34.4 Å². The van der Waals surface area contributed by atoms with Gasteiger partial charge in [-0.05, 0) is 35.4 Å². The summed E-state index contributed by atoms with van der Waals surface area (Å²) in [5.41, 5.74) is 0.926. The fourth-order valence-corrected chi connectivity index (χ4v) is 2.72. The van der Waals surface area contributed by atoms with Crippen LogP contribution in [0.15, 0.2) is 42.5 Å². The smallest absolute Gasteiger partial charge is 0.0914 e. The lowest BCUT2D eigenvalue weighted by atomic mass is 10.0. The highest BCUT2D eigenvalue weighted by Gasteiger charge is 2.07. The SMILES string of the molecule is CS(=O)CCCNCC(O)c1ccc2ccccc2c1. The molecular weight excluding hydrogens is 270 g/mol. The fraction of sp³-hybridized carbons (Fsp3) is 0.375. The van der Waals surface area contributed by atoms with Crippen molar-refractivity contribution in [3.63, 3.8) is 0 Å². The molecular formula is C16H21NO2S. The second kappa shape index (κ2) is 7.53. The van der Waals surface area contributed by atoms with E-state index in [1.165, 1.54) is 5.39 Å². The Morgan fingerprint density at radius 1 is 1.20 bits per heavy atom. The molecule has 2 aromatic rings. The van der Waals surface area contributed by atoms with E-state index in [0.717, 1.165) is 23.9 Å². The number of aliphatic hydroxyl groups is 1. The molecule has 0 amide bonds. The first kappa shape index (κ1) is 15.2. The van der Waals surface area contributed by atoms with Crippen molar-refractivity contribution >= 4 is 21.6 Å². The third-order valence-electron chi connectivity index (χ3n) is 3.28. The Morgan fingerprint density at radius 3 is 2.70 bits per heavy atom. The summed E-state index contributed by atoms with van der Waals surface area (Å²) >= 11 is 0. The van der Waals surface area contributed by atoms with Gasteiger partial charge in [-0.15, -0.1) is 0 Å². The normalized spacial score (nSPS) is 14.3. The quantitative estimate of drug-likeness (QED) is 0.769. The molecule has 0 aliphatic rings. The topological polar surface area (TPSA) is 49.3 Å². The Bertz CT molecular complexity index is 585. The van der Waals surface area contributed by atoms with E-state index < -0.39 is 16.9 Å². The first-order valence-corrected chi connectivity index (χ1v) is 8.57. The maximum atomic E-state index is 10.9. The molecule has 108 valence electrons. The van der Waals surface area contributed by atoms with Gasteiger partial charge in [0, 0.05) is 29.4 Å². The zero-order valence-corrected chi connectivity index (χ0v) is 12.5. The number of aliphatic hydroxyl groups excluding tert-OH is 1. The summed E-state index contributed by atoms with van der Waals surface area (Å²) in [6.45, 7) is 1.30. The molecule has 0 saturated heterocycles. The molecule has 0 aliphatic heterocycles. The zero-order valence-electron chi connectivity index (χ0n) is 11.7. The van der Waals surface area contributed by atoms with Gasteiger partial charge >= 0.3 is 0 Å². The number of rotatable bonds is 7. The Morgan fingerprint density at radius 2 is 1.95 bits per heavy atom. The molecule has 2 unspecified atom stereocenters. The molecule has 0 aliphatic carbocycles. The highest BCUT2D eigenvalue weighted by molar-refractivity contribution is 7.84. The average molecular weight is 291 g/mol. The minimum Gasteiger partial charge on any atom is -0.387 e. The van der Waals surface area contributed by atoms with Gasteiger partial charge in [0.15, 0.2) is 0 Å². The molecule has 0 saturated carbocycles. The summed E-state index contributed by atoms with van der Waals surface area (Å²) in [6.07, 6.45) is 2.07. The maximum absolute atomic E-state index is 10.9. The molecule has 2 N–H and O–H groups in total. The van der Waals surface area contributed by atoms with Crippen LogP contribution in [0.1, 0.15) is 18.1 Å². The van der Waals surface area contributed by atoms with Crippen LogP contribution in [0.2, 0.25) is 0 Å². The Balaban J connectivity index is 1.87. The first-order valence-electron chi connectivity index (χ1n) is 6.84. The first-order chi connectivity index (χ1) is 9.66. The van der Waals surface area contributed by atoms with Gasteiger partial charge < -0.3 is 10.4 Å². The molecule has 0 radical (unpaired) electrons. The van der Waals surface area contributed by atoms with Crippen LogP contribution in [0.5, 0.6) is 0 Å². The van der Waals surface area contributed by atoms with Crippen LogP contribution in [0.4, 0.5) is 0 Å². The van der Waals surface area contributed by atoms with Crippen molar-refractivity contribution in [1.82, 2.24) is 5.32 Å². The molecule has 0 bridgehead atoms. The molecule has 0 aromatic heterocycles. The Hall–Kier alpha value is -1.23. The lowest BCUT2D eigenvalue weighted by Gasteiger charge is -2.13. The Labute approximate surface area is 122 Å². The predicted octanol–water partition coefficient (Wildman–Crippen LogP) is 2.23. The molecule has 0 fully saturated rings. The maximum Gasteiger partial charge on any atom is 0.0914 e. The monoisotopic (exact) mass is 291 g/mol. The zero-order chi connectivity index (χ0) is 14.4. The summed E-state index contributed by atoms with van der Waals surface area (Å²) in [7, 11) is -0.734. The minimum absolute atomic E-state index is 0.508. The fourth-order valence-electron chi connectivity index (χ4n) is 2.17. The lowest BCUT2D eigenvalue weighted by molar-refractivity contribution is 0.175. The number of hydrogen-bond acceptors (Lipinski definition) is 3. The van der Waals surface area contributed by atoms with E-state index >= 15 is 0 Å². The lowest BCUT2D eigenvalue weighted by Crippen LogP contribution is -2.23. The highest BCUT2D eigenvalue weighted by atomic mass is 32.2. The number of nitrogens with one attached hydrogen (secondary N) is 1. The molecule has 2 atom stereocenters. The van der Waals surface area contributed by atoms with Gasteiger partial charge in [0.1, 0.15) is 0 Å². The van der Waals surface area contributed by atoms with Gasteiger partial charge in [0.2, 0.25) is 0 Å². The Kier molecular flexibility index (Phi) is 5.71. The second-order valence-corrected chi connectivity index (χ2v) is 6.51. The van der Waals surface area contributed by atoms with E-state index in [9.17, 15) is 9.32 Å². The predicted molar refractivity (Wildman–Crippen MR) is 85.3 cm³/mol. The van der Waals surface area contributed by atoms with Crippen LogP contribution >= 0.6 is 0 Å². The van der Waals surface area contributed by atoms with E-state index in [1.54, 1.807) is 6.26 Å². The molecule has 2 aromatic carbocycles.